The Kier molecular flexibility index (Phi) is 6.73. The van der Waals surface area contributed by atoms with E-state index in [0.717, 1.165) is 18.1 Å². The molecule has 0 aliphatic rings. The van der Waals surface area contributed by atoms with Crippen molar-refractivity contribution in [2.45, 2.75) is 52.5 Å². The van der Waals surface area contributed by atoms with E-state index in [0.29, 0.717) is 5.92 Å². The van der Waals surface area contributed by atoms with Crippen LogP contribution < -0.4 is 10.5 Å². The highest BCUT2D eigenvalue weighted by atomic mass is 16.5. The van der Waals surface area contributed by atoms with Gasteiger partial charge in [0.2, 0.25) is 0 Å². The number of pyridine rings is 1. The third-order valence-corrected chi connectivity index (χ3v) is 3.25. The zero-order valence-corrected chi connectivity index (χ0v) is 11.9. The molecule has 0 aliphatic heterocycles. The van der Waals surface area contributed by atoms with Gasteiger partial charge in [0, 0.05) is 6.04 Å². The number of hydrogen-bond acceptors (Lipinski definition) is 3. The molecule has 0 radical (unpaired) electrons. The molecule has 1 aromatic rings. The molecule has 1 rings (SSSR count). The van der Waals surface area contributed by atoms with Crippen LogP contribution in [0, 0.1) is 5.92 Å². The van der Waals surface area contributed by atoms with Gasteiger partial charge in [0.25, 0.3) is 0 Å². The summed E-state index contributed by atoms with van der Waals surface area (Å²) in [5.41, 5.74) is 6.66. The molecule has 18 heavy (non-hydrogen) atoms. The average Bonchev–Trinajstić information content (AvgIpc) is 2.39. The number of hydrogen-bond donors (Lipinski definition) is 1. The standard InChI is InChI=1S/C15H26N2O/c1-4-6-7-13(5-2)11-18-14-8-9-15(12(3)16)17-10-14/h8-10,12-13H,4-7,11,16H2,1-3H3/t12-,13?/m1/s1. The van der Waals surface area contributed by atoms with E-state index in [1.54, 1.807) is 6.20 Å². The molecular weight excluding hydrogens is 224 g/mol. The fourth-order valence-corrected chi connectivity index (χ4v) is 1.86. The molecule has 1 heterocycles. The van der Waals surface area contributed by atoms with Crippen molar-refractivity contribution < 1.29 is 4.74 Å². The lowest BCUT2D eigenvalue weighted by Crippen LogP contribution is -2.12. The molecule has 2 N–H and O–H groups in total. The summed E-state index contributed by atoms with van der Waals surface area (Å²) in [4.78, 5) is 4.29. The topological polar surface area (TPSA) is 48.1 Å². The lowest BCUT2D eigenvalue weighted by Gasteiger charge is -2.15. The van der Waals surface area contributed by atoms with Crippen LogP contribution in [0.15, 0.2) is 18.3 Å². The molecule has 3 nitrogen and oxygen atoms in total. The van der Waals surface area contributed by atoms with E-state index < -0.39 is 0 Å². The Morgan fingerprint density at radius 2 is 2.11 bits per heavy atom. The van der Waals surface area contributed by atoms with E-state index in [1.165, 1.54) is 25.7 Å². The van der Waals surface area contributed by atoms with Crippen LogP contribution in [0.25, 0.3) is 0 Å². The van der Waals surface area contributed by atoms with Crippen molar-refractivity contribution in [3.8, 4) is 5.75 Å². The molecule has 3 heteroatoms. The number of nitrogens with zero attached hydrogens (tertiary/aromatic N) is 1. The van der Waals surface area contributed by atoms with Gasteiger partial charge in [-0.2, -0.15) is 0 Å². The summed E-state index contributed by atoms with van der Waals surface area (Å²) in [6.45, 7) is 7.17. The van der Waals surface area contributed by atoms with Crippen LogP contribution in [-0.2, 0) is 0 Å². The normalized spacial score (nSPS) is 14.2. The van der Waals surface area contributed by atoms with E-state index in [-0.39, 0.29) is 6.04 Å². The molecule has 1 aromatic heterocycles. The summed E-state index contributed by atoms with van der Waals surface area (Å²) in [6.07, 6.45) is 6.72. The average molecular weight is 250 g/mol. The van der Waals surface area contributed by atoms with Gasteiger partial charge < -0.3 is 10.5 Å². The first-order valence-corrected chi connectivity index (χ1v) is 7.01. The van der Waals surface area contributed by atoms with Crippen molar-refractivity contribution in [1.82, 2.24) is 4.98 Å². The van der Waals surface area contributed by atoms with Gasteiger partial charge in [-0.3, -0.25) is 4.98 Å². The van der Waals surface area contributed by atoms with Gasteiger partial charge in [0.05, 0.1) is 18.5 Å². The molecule has 0 aromatic carbocycles. The highest BCUT2D eigenvalue weighted by Gasteiger charge is 2.07. The fourth-order valence-electron chi connectivity index (χ4n) is 1.86. The third-order valence-electron chi connectivity index (χ3n) is 3.25. The van der Waals surface area contributed by atoms with Crippen molar-refractivity contribution in [1.29, 1.82) is 0 Å². The Balaban J connectivity index is 2.42. The van der Waals surface area contributed by atoms with Crippen LogP contribution in [0.4, 0.5) is 0 Å². The fraction of sp³-hybridized carbons (Fsp3) is 0.667. The molecule has 0 spiro atoms. The smallest absolute Gasteiger partial charge is 0.137 e. The summed E-state index contributed by atoms with van der Waals surface area (Å²) in [5, 5.41) is 0. The largest absolute Gasteiger partial charge is 0.492 e. The molecule has 0 amide bonds. The minimum atomic E-state index is -0.0213. The number of rotatable bonds is 8. The van der Waals surface area contributed by atoms with Crippen LogP contribution in [-0.4, -0.2) is 11.6 Å². The van der Waals surface area contributed by atoms with E-state index >= 15 is 0 Å². The van der Waals surface area contributed by atoms with Gasteiger partial charge in [-0.1, -0.05) is 33.1 Å². The highest BCUT2D eigenvalue weighted by Crippen LogP contribution is 2.17. The van der Waals surface area contributed by atoms with Gasteiger partial charge in [0.15, 0.2) is 0 Å². The summed E-state index contributed by atoms with van der Waals surface area (Å²) in [5.74, 6) is 1.49. The monoisotopic (exact) mass is 250 g/mol. The van der Waals surface area contributed by atoms with Crippen molar-refractivity contribution >= 4 is 0 Å². The molecule has 0 fully saturated rings. The maximum Gasteiger partial charge on any atom is 0.137 e. The molecule has 0 saturated heterocycles. The van der Waals surface area contributed by atoms with Gasteiger partial charge >= 0.3 is 0 Å². The van der Waals surface area contributed by atoms with Gasteiger partial charge in [-0.15, -0.1) is 0 Å². The second kappa shape index (κ2) is 8.09. The van der Waals surface area contributed by atoms with Gasteiger partial charge in [-0.05, 0) is 31.4 Å². The first kappa shape index (κ1) is 15.0. The maximum absolute atomic E-state index is 5.79. The summed E-state index contributed by atoms with van der Waals surface area (Å²) < 4.78 is 5.79. The van der Waals surface area contributed by atoms with Gasteiger partial charge in [-0.25, -0.2) is 0 Å². The van der Waals surface area contributed by atoms with Crippen molar-refractivity contribution in [2.24, 2.45) is 11.7 Å². The summed E-state index contributed by atoms with van der Waals surface area (Å²) >= 11 is 0. The lowest BCUT2D eigenvalue weighted by molar-refractivity contribution is 0.232. The first-order chi connectivity index (χ1) is 8.67. The minimum Gasteiger partial charge on any atom is -0.492 e. The lowest BCUT2D eigenvalue weighted by atomic mass is 10.0. The van der Waals surface area contributed by atoms with E-state index in [2.05, 4.69) is 18.8 Å². The second-order valence-corrected chi connectivity index (χ2v) is 4.93. The Bertz CT molecular complexity index is 322. The van der Waals surface area contributed by atoms with Crippen molar-refractivity contribution in [3.05, 3.63) is 24.0 Å². The first-order valence-electron chi connectivity index (χ1n) is 7.01. The molecule has 1 unspecified atom stereocenters. The molecule has 2 atom stereocenters. The van der Waals surface area contributed by atoms with Crippen molar-refractivity contribution in [2.75, 3.05) is 6.61 Å². The number of nitrogens with two attached hydrogens (primary N) is 1. The quantitative estimate of drug-likeness (QED) is 0.765. The van der Waals surface area contributed by atoms with E-state index in [4.69, 9.17) is 10.5 Å². The molecule has 0 saturated carbocycles. The minimum absolute atomic E-state index is 0.0213. The molecule has 0 bridgehead atoms. The SMILES string of the molecule is CCCCC(CC)COc1ccc([C@@H](C)N)nc1. The predicted molar refractivity (Wildman–Crippen MR) is 75.6 cm³/mol. The Morgan fingerprint density at radius 1 is 1.33 bits per heavy atom. The summed E-state index contributed by atoms with van der Waals surface area (Å²) in [7, 11) is 0. The summed E-state index contributed by atoms with van der Waals surface area (Å²) in [6, 6.07) is 3.87. The van der Waals surface area contributed by atoms with Gasteiger partial charge in [0.1, 0.15) is 5.75 Å². The van der Waals surface area contributed by atoms with Crippen LogP contribution in [0.5, 0.6) is 5.75 Å². The zero-order chi connectivity index (χ0) is 13.4. The predicted octanol–water partition coefficient (Wildman–Crippen LogP) is 3.70. The second-order valence-electron chi connectivity index (χ2n) is 4.93. The number of ether oxygens (including phenoxy) is 1. The number of unbranched alkanes of at least 4 members (excludes halogenated alkanes) is 1. The molecule has 102 valence electrons. The Hall–Kier alpha value is -1.09. The van der Waals surface area contributed by atoms with Crippen molar-refractivity contribution in [3.63, 3.8) is 0 Å². The highest BCUT2D eigenvalue weighted by molar-refractivity contribution is 5.21. The van der Waals surface area contributed by atoms with E-state index in [1.807, 2.05) is 19.1 Å². The third kappa shape index (κ3) is 5.05. The van der Waals surface area contributed by atoms with E-state index in [9.17, 15) is 0 Å². The Morgan fingerprint density at radius 3 is 2.61 bits per heavy atom. The number of aromatic nitrogens is 1. The van der Waals surface area contributed by atoms with Crippen LogP contribution in [0.2, 0.25) is 0 Å². The molecular formula is C15H26N2O. The zero-order valence-electron chi connectivity index (χ0n) is 11.9. The van der Waals surface area contributed by atoms with Crippen LogP contribution in [0.3, 0.4) is 0 Å². The van der Waals surface area contributed by atoms with Crippen LogP contribution >= 0.6 is 0 Å². The molecule has 0 aliphatic carbocycles. The Labute approximate surface area is 111 Å². The maximum atomic E-state index is 5.79. The van der Waals surface area contributed by atoms with Crippen LogP contribution in [0.1, 0.15) is 58.2 Å².